The van der Waals surface area contributed by atoms with Crippen LogP contribution in [0.1, 0.15) is 25.7 Å². The van der Waals surface area contributed by atoms with Crippen LogP contribution in [0.5, 0.6) is 0 Å². The lowest BCUT2D eigenvalue weighted by molar-refractivity contribution is 0.0865. The molecule has 0 aromatic carbocycles. The first kappa shape index (κ1) is 10.2. The van der Waals surface area contributed by atoms with Crippen molar-refractivity contribution in [2.45, 2.75) is 31.8 Å². The first-order chi connectivity index (χ1) is 6.79. The zero-order valence-electron chi connectivity index (χ0n) is 8.86. The highest BCUT2D eigenvalue weighted by molar-refractivity contribution is 4.89. The standard InChI is InChI=1S/C12H21NO/c1-2-3-6-13-8-10-4-5-12(14)7-11(10)9-13/h2,10-12,14H,1,3-9H2. The Labute approximate surface area is 86.6 Å². The molecule has 3 unspecified atom stereocenters. The Hall–Kier alpha value is -0.340. The summed E-state index contributed by atoms with van der Waals surface area (Å²) in [5.41, 5.74) is 0. The summed E-state index contributed by atoms with van der Waals surface area (Å²) in [5, 5.41) is 9.58. The van der Waals surface area contributed by atoms with Crippen LogP contribution in [0.25, 0.3) is 0 Å². The number of nitrogens with zero attached hydrogens (tertiary/aromatic N) is 1. The topological polar surface area (TPSA) is 23.5 Å². The SMILES string of the molecule is C=CCCN1CC2CCC(O)CC2C1. The van der Waals surface area contributed by atoms with Gasteiger partial charge in [0.15, 0.2) is 0 Å². The van der Waals surface area contributed by atoms with Crippen LogP contribution in [0, 0.1) is 11.8 Å². The van der Waals surface area contributed by atoms with E-state index in [0.717, 1.165) is 37.6 Å². The molecule has 80 valence electrons. The molecule has 0 spiro atoms. The van der Waals surface area contributed by atoms with Gasteiger partial charge in [-0.05, 0) is 37.5 Å². The van der Waals surface area contributed by atoms with Crippen molar-refractivity contribution in [2.75, 3.05) is 19.6 Å². The lowest BCUT2D eigenvalue weighted by Gasteiger charge is -2.27. The molecule has 3 atom stereocenters. The van der Waals surface area contributed by atoms with Crippen LogP contribution in [0.4, 0.5) is 0 Å². The lowest BCUT2D eigenvalue weighted by atomic mass is 9.80. The average molecular weight is 195 g/mol. The van der Waals surface area contributed by atoms with Crippen LogP contribution < -0.4 is 0 Å². The summed E-state index contributed by atoms with van der Waals surface area (Å²) in [7, 11) is 0. The second-order valence-corrected chi connectivity index (χ2v) is 4.82. The zero-order valence-corrected chi connectivity index (χ0v) is 8.86. The van der Waals surface area contributed by atoms with E-state index in [9.17, 15) is 5.11 Å². The van der Waals surface area contributed by atoms with Gasteiger partial charge in [-0.25, -0.2) is 0 Å². The number of fused-ring (bicyclic) bond motifs is 1. The molecule has 0 bridgehead atoms. The van der Waals surface area contributed by atoms with Crippen molar-refractivity contribution in [3.05, 3.63) is 12.7 Å². The molecule has 2 rings (SSSR count). The Morgan fingerprint density at radius 1 is 1.29 bits per heavy atom. The van der Waals surface area contributed by atoms with E-state index in [4.69, 9.17) is 0 Å². The molecule has 1 aliphatic carbocycles. The summed E-state index contributed by atoms with van der Waals surface area (Å²) >= 11 is 0. The largest absolute Gasteiger partial charge is 0.393 e. The van der Waals surface area contributed by atoms with Gasteiger partial charge in [-0.15, -0.1) is 6.58 Å². The summed E-state index contributed by atoms with van der Waals surface area (Å²) in [6.07, 6.45) is 6.37. The number of hydrogen-bond acceptors (Lipinski definition) is 2. The van der Waals surface area contributed by atoms with E-state index >= 15 is 0 Å². The number of aliphatic hydroxyl groups excluding tert-OH is 1. The molecule has 1 aliphatic heterocycles. The van der Waals surface area contributed by atoms with Gasteiger partial charge in [-0.3, -0.25) is 0 Å². The summed E-state index contributed by atoms with van der Waals surface area (Å²) in [6.45, 7) is 7.38. The van der Waals surface area contributed by atoms with Gasteiger partial charge in [0.2, 0.25) is 0 Å². The Kier molecular flexibility index (Phi) is 3.24. The van der Waals surface area contributed by atoms with E-state index < -0.39 is 0 Å². The van der Waals surface area contributed by atoms with Crippen molar-refractivity contribution >= 4 is 0 Å². The Balaban J connectivity index is 1.82. The van der Waals surface area contributed by atoms with E-state index in [1.54, 1.807) is 0 Å². The van der Waals surface area contributed by atoms with E-state index in [2.05, 4.69) is 11.5 Å². The van der Waals surface area contributed by atoms with Gasteiger partial charge in [-0.2, -0.15) is 0 Å². The number of likely N-dealkylation sites (tertiary alicyclic amines) is 1. The maximum Gasteiger partial charge on any atom is 0.0543 e. The van der Waals surface area contributed by atoms with Crippen molar-refractivity contribution < 1.29 is 5.11 Å². The van der Waals surface area contributed by atoms with Gasteiger partial charge >= 0.3 is 0 Å². The molecule has 1 saturated heterocycles. The van der Waals surface area contributed by atoms with Gasteiger partial charge in [-0.1, -0.05) is 6.08 Å². The molecule has 0 radical (unpaired) electrons. The molecule has 2 fully saturated rings. The summed E-state index contributed by atoms with van der Waals surface area (Å²) in [6, 6.07) is 0. The van der Waals surface area contributed by atoms with E-state index in [0.29, 0.717) is 0 Å². The maximum atomic E-state index is 9.58. The van der Waals surface area contributed by atoms with Crippen molar-refractivity contribution in [1.82, 2.24) is 4.90 Å². The van der Waals surface area contributed by atoms with Crippen LogP contribution >= 0.6 is 0 Å². The highest BCUT2D eigenvalue weighted by Gasteiger charge is 2.36. The van der Waals surface area contributed by atoms with Gasteiger partial charge in [0.05, 0.1) is 6.10 Å². The van der Waals surface area contributed by atoms with Crippen molar-refractivity contribution in [1.29, 1.82) is 0 Å². The Bertz CT molecular complexity index is 204. The smallest absolute Gasteiger partial charge is 0.0543 e. The Morgan fingerprint density at radius 3 is 2.86 bits per heavy atom. The third-order valence-corrected chi connectivity index (χ3v) is 3.75. The van der Waals surface area contributed by atoms with Crippen LogP contribution in [-0.2, 0) is 0 Å². The van der Waals surface area contributed by atoms with Gasteiger partial charge in [0.1, 0.15) is 0 Å². The van der Waals surface area contributed by atoms with Crippen molar-refractivity contribution in [3.8, 4) is 0 Å². The highest BCUT2D eigenvalue weighted by Crippen LogP contribution is 2.36. The summed E-state index contributed by atoms with van der Waals surface area (Å²) < 4.78 is 0. The summed E-state index contributed by atoms with van der Waals surface area (Å²) in [5.74, 6) is 1.63. The molecule has 0 aromatic rings. The van der Waals surface area contributed by atoms with Crippen molar-refractivity contribution in [2.24, 2.45) is 11.8 Å². The van der Waals surface area contributed by atoms with Crippen molar-refractivity contribution in [3.63, 3.8) is 0 Å². The fraction of sp³-hybridized carbons (Fsp3) is 0.833. The normalized spacial score (nSPS) is 38.2. The first-order valence-corrected chi connectivity index (χ1v) is 5.81. The number of aliphatic hydroxyl groups is 1. The van der Waals surface area contributed by atoms with Gasteiger partial charge in [0, 0.05) is 19.6 Å². The predicted molar refractivity (Wildman–Crippen MR) is 58.1 cm³/mol. The average Bonchev–Trinajstić information content (AvgIpc) is 2.56. The number of hydrogen-bond donors (Lipinski definition) is 1. The molecule has 14 heavy (non-hydrogen) atoms. The molecule has 1 heterocycles. The first-order valence-electron chi connectivity index (χ1n) is 5.81. The minimum Gasteiger partial charge on any atom is -0.393 e. The fourth-order valence-corrected chi connectivity index (χ4v) is 2.96. The van der Waals surface area contributed by atoms with Crippen LogP contribution in [0.2, 0.25) is 0 Å². The highest BCUT2D eigenvalue weighted by atomic mass is 16.3. The second kappa shape index (κ2) is 4.45. The van der Waals surface area contributed by atoms with Crippen LogP contribution in [-0.4, -0.2) is 35.7 Å². The molecule has 2 aliphatic rings. The number of rotatable bonds is 3. The minimum absolute atomic E-state index is 0.0180. The predicted octanol–water partition coefficient (Wildman–Crippen LogP) is 1.66. The van der Waals surface area contributed by atoms with E-state index in [-0.39, 0.29) is 6.10 Å². The monoisotopic (exact) mass is 195 g/mol. The zero-order chi connectivity index (χ0) is 9.97. The van der Waals surface area contributed by atoms with Gasteiger partial charge in [0.25, 0.3) is 0 Å². The molecule has 1 saturated carbocycles. The lowest BCUT2D eigenvalue weighted by Crippen LogP contribution is -2.26. The minimum atomic E-state index is -0.0180. The Morgan fingerprint density at radius 2 is 2.07 bits per heavy atom. The molecule has 2 nitrogen and oxygen atoms in total. The van der Waals surface area contributed by atoms with Crippen LogP contribution in [0.3, 0.4) is 0 Å². The fourth-order valence-electron chi connectivity index (χ4n) is 2.96. The second-order valence-electron chi connectivity index (χ2n) is 4.82. The summed E-state index contributed by atoms with van der Waals surface area (Å²) in [4.78, 5) is 2.54. The van der Waals surface area contributed by atoms with E-state index in [1.807, 2.05) is 6.08 Å². The third-order valence-electron chi connectivity index (χ3n) is 3.75. The van der Waals surface area contributed by atoms with Crippen LogP contribution in [0.15, 0.2) is 12.7 Å². The third kappa shape index (κ3) is 2.18. The quantitative estimate of drug-likeness (QED) is 0.692. The maximum absolute atomic E-state index is 9.58. The molecular formula is C12H21NO. The molecule has 2 heteroatoms. The molecule has 0 amide bonds. The van der Waals surface area contributed by atoms with E-state index in [1.165, 1.54) is 19.5 Å². The van der Waals surface area contributed by atoms with Gasteiger partial charge < -0.3 is 10.0 Å². The molecule has 1 N–H and O–H groups in total. The molecular weight excluding hydrogens is 174 g/mol. The molecule has 0 aromatic heterocycles.